The third-order valence-electron chi connectivity index (χ3n) is 1.97. The lowest BCUT2D eigenvalue weighted by Crippen LogP contribution is -1.93. The minimum atomic E-state index is 0.104. The summed E-state index contributed by atoms with van der Waals surface area (Å²) < 4.78 is 15.5. The van der Waals surface area contributed by atoms with Gasteiger partial charge in [0, 0.05) is 0 Å². The van der Waals surface area contributed by atoms with Crippen LogP contribution in [0.15, 0.2) is 17.3 Å². The molecule has 1 aliphatic heterocycles. The van der Waals surface area contributed by atoms with Gasteiger partial charge in [0.2, 0.25) is 12.5 Å². The van der Waals surface area contributed by atoms with Gasteiger partial charge in [-0.05, 0) is 17.7 Å². The van der Waals surface area contributed by atoms with E-state index in [9.17, 15) is 4.91 Å². The first kappa shape index (κ1) is 8.80. The maximum atomic E-state index is 10.1. The number of hydrogen-bond acceptors (Lipinski definition) is 5. The monoisotopic (exact) mass is 195 g/mol. The molecule has 1 aromatic carbocycles. The Labute approximate surface area is 80.6 Å². The highest BCUT2D eigenvalue weighted by molar-refractivity contribution is 5.55. The van der Waals surface area contributed by atoms with Crippen molar-refractivity contribution < 1.29 is 14.2 Å². The zero-order valence-electron chi connectivity index (χ0n) is 7.65. The molecule has 2 rings (SSSR count). The number of benzene rings is 1. The quantitative estimate of drug-likeness (QED) is 0.688. The highest BCUT2D eigenvalue weighted by Crippen LogP contribution is 2.41. The molecule has 14 heavy (non-hydrogen) atoms. The van der Waals surface area contributed by atoms with Crippen LogP contribution in [-0.2, 0) is 6.54 Å². The van der Waals surface area contributed by atoms with Crippen LogP contribution in [0.2, 0.25) is 0 Å². The minimum Gasteiger partial charge on any atom is -0.493 e. The van der Waals surface area contributed by atoms with E-state index in [0.29, 0.717) is 17.2 Å². The Morgan fingerprint density at radius 2 is 2.36 bits per heavy atom. The van der Waals surface area contributed by atoms with Crippen LogP contribution in [0.25, 0.3) is 0 Å². The molecule has 0 amide bonds. The molecule has 1 heterocycles. The number of ether oxygens (including phenoxy) is 3. The molecule has 0 fully saturated rings. The number of methoxy groups -OCH3 is 1. The first-order valence-electron chi connectivity index (χ1n) is 4.11. The molecular formula is C9H9NO4. The molecule has 0 aliphatic carbocycles. The van der Waals surface area contributed by atoms with Crippen LogP contribution in [-0.4, -0.2) is 13.9 Å². The number of fused-ring (bicyclic) bond motifs is 1. The average molecular weight is 195 g/mol. The van der Waals surface area contributed by atoms with Crippen LogP contribution in [0.5, 0.6) is 17.2 Å². The van der Waals surface area contributed by atoms with Crippen LogP contribution >= 0.6 is 0 Å². The second kappa shape index (κ2) is 3.53. The van der Waals surface area contributed by atoms with Gasteiger partial charge >= 0.3 is 0 Å². The van der Waals surface area contributed by atoms with Crippen molar-refractivity contribution in [1.29, 1.82) is 0 Å². The molecule has 5 nitrogen and oxygen atoms in total. The second-order valence-electron chi connectivity index (χ2n) is 2.82. The van der Waals surface area contributed by atoms with Crippen molar-refractivity contribution in [3.63, 3.8) is 0 Å². The molecule has 0 unspecified atom stereocenters. The van der Waals surface area contributed by atoms with Gasteiger partial charge < -0.3 is 14.2 Å². The molecule has 0 bridgehead atoms. The molecule has 0 atom stereocenters. The lowest BCUT2D eigenvalue weighted by atomic mass is 10.2. The Hall–Kier alpha value is -1.78. The van der Waals surface area contributed by atoms with Crippen molar-refractivity contribution in [2.24, 2.45) is 5.18 Å². The molecule has 0 saturated carbocycles. The summed E-state index contributed by atoms with van der Waals surface area (Å²) in [4.78, 5) is 10.1. The van der Waals surface area contributed by atoms with E-state index in [-0.39, 0.29) is 13.3 Å². The molecule has 0 aromatic heterocycles. The fraction of sp³-hybridized carbons (Fsp3) is 0.333. The highest BCUT2D eigenvalue weighted by Gasteiger charge is 2.19. The van der Waals surface area contributed by atoms with E-state index in [1.165, 1.54) is 7.11 Å². The Balaban J connectivity index is 2.43. The zero-order chi connectivity index (χ0) is 9.97. The SMILES string of the molecule is COc1cc(CN=O)cc2c1OCO2. The predicted octanol–water partition coefficient (Wildman–Crippen LogP) is 1.69. The average Bonchev–Trinajstić information content (AvgIpc) is 2.65. The fourth-order valence-corrected chi connectivity index (χ4v) is 1.35. The largest absolute Gasteiger partial charge is 0.493 e. The van der Waals surface area contributed by atoms with Gasteiger partial charge in [0.05, 0.1) is 7.11 Å². The summed E-state index contributed by atoms with van der Waals surface area (Å²) in [6.07, 6.45) is 0. The summed E-state index contributed by atoms with van der Waals surface area (Å²) in [6, 6.07) is 3.45. The summed E-state index contributed by atoms with van der Waals surface area (Å²) in [7, 11) is 1.54. The van der Waals surface area contributed by atoms with Crippen LogP contribution in [0.3, 0.4) is 0 Å². The van der Waals surface area contributed by atoms with Crippen LogP contribution in [0, 0.1) is 4.91 Å². The third-order valence-corrected chi connectivity index (χ3v) is 1.97. The van der Waals surface area contributed by atoms with Gasteiger partial charge in [0.15, 0.2) is 11.5 Å². The highest BCUT2D eigenvalue weighted by atomic mass is 16.7. The molecule has 1 aromatic rings. The summed E-state index contributed by atoms with van der Waals surface area (Å²) >= 11 is 0. The summed E-state index contributed by atoms with van der Waals surface area (Å²) in [6.45, 7) is 0.288. The number of nitroso groups, excluding NO2 is 1. The van der Waals surface area contributed by atoms with Gasteiger partial charge in [-0.1, -0.05) is 5.18 Å². The molecule has 1 aliphatic rings. The standard InChI is InChI=1S/C9H9NO4/c1-12-7-2-6(4-10-11)3-8-9(7)14-5-13-8/h2-3H,4-5H2,1H3. The smallest absolute Gasteiger partial charge is 0.231 e. The van der Waals surface area contributed by atoms with E-state index < -0.39 is 0 Å². The van der Waals surface area contributed by atoms with Crippen molar-refractivity contribution in [2.75, 3.05) is 13.9 Å². The van der Waals surface area contributed by atoms with E-state index >= 15 is 0 Å². The second-order valence-corrected chi connectivity index (χ2v) is 2.82. The van der Waals surface area contributed by atoms with Gasteiger partial charge in [-0.2, -0.15) is 4.91 Å². The van der Waals surface area contributed by atoms with Crippen molar-refractivity contribution in [3.8, 4) is 17.2 Å². The van der Waals surface area contributed by atoms with Crippen molar-refractivity contribution in [2.45, 2.75) is 6.54 Å². The Bertz CT molecular complexity index is 364. The Kier molecular flexibility index (Phi) is 2.22. The van der Waals surface area contributed by atoms with Gasteiger partial charge in [-0.15, -0.1) is 0 Å². The molecule has 5 heteroatoms. The Morgan fingerprint density at radius 3 is 3.07 bits per heavy atom. The first-order valence-corrected chi connectivity index (χ1v) is 4.11. The van der Waals surface area contributed by atoms with Crippen molar-refractivity contribution >= 4 is 0 Å². The van der Waals surface area contributed by atoms with Crippen LogP contribution < -0.4 is 14.2 Å². The van der Waals surface area contributed by atoms with Gasteiger partial charge in [-0.3, -0.25) is 0 Å². The summed E-state index contributed by atoms with van der Waals surface area (Å²) in [5.74, 6) is 1.75. The van der Waals surface area contributed by atoms with E-state index in [1.54, 1.807) is 12.1 Å². The third kappa shape index (κ3) is 1.37. The van der Waals surface area contributed by atoms with E-state index in [2.05, 4.69) is 5.18 Å². The number of rotatable bonds is 3. The van der Waals surface area contributed by atoms with Crippen molar-refractivity contribution in [1.82, 2.24) is 0 Å². The van der Waals surface area contributed by atoms with Gasteiger partial charge in [0.25, 0.3) is 0 Å². The summed E-state index contributed by atoms with van der Waals surface area (Å²) in [5.41, 5.74) is 0.751. The van der Waals surface area contributed by atoms with E-state index in [1.807, 2.05) is 0 Å². The number of hydrogen-bond donors (Lipinski definition) is 0. The molecule has 0 spiro atoms. The van der Waals surface area contributed by atoms with Crippen LogP contribution in [0.4, 0.5) is 0 Å². The lowest BCUT2D eigenvalue weighted by Gasteiger charge is -2.05. The number of nitrogens with zero attached hydrogens (tertiary/aromatic N) is 1. The predicted molar refractivity (Wildman–Crippen MR) is 48.6 cm³/mol. The van der Waals surface area contributed by atoms with E-state index in [4.69, 9.17) is 14.2 Å². The topological polar surface area (TPSA) is 57.1 Å². The summed E-state index contributed by atoms with van der Waals surface area (Å²) in [5, 5.41) is 2.80. The maximum absolute atomic E-state index is 10.1. The molecule has 0 radical (unpaired) electrons. The van der Waals surface area contributed by atoms with E-state index in [0.717, 1.165) is 5.56 Å². The zero-order valence-corrected chi connectivity index (χ0v) is 7.65. The fourth-order valence-electron chi connectivity index (χ4n) is 1.35. The van der Waals surface area contributed by atoms with Gasteiger partial charge in [0.1, 0.15) is 6.54 Å². The first-order chi connectivity index (χ1) is 6.85. The van der Waals surface area contributed by atoms with Gasteiger partial charge in [-0.25, -0.2) is 0 Å². The van der Waals surface area contributed by atoms with Crippen LogP contribution in [0.1, 0.15) is 5.56 Å². The normalized spacial score (nSPS) is 12.6. The Morgan fingerprint density at radius 1 is 1.50 bits per heavy atom. The minimum absolute atomic E-state index is 0.104. The molecule has 74 valence electrons. The molecule has 0 N–H and O–H groups in total. The lowest BCUT2D eigenvalue weighted by molar-refractivity contribution is 0.171. The van der Waals surface area contributed by atoms with Crippen molar-refractivity contribution in [3.05, 3.63) is 22.6 Å². The molecule has 0 saturated heterocycles. The maximum Gasteiger partial charge on any atom is 0.231 e. The molecular weight excluding hydrogens is 186 g/mol.